The lowest BCUT2D eigenvalue weighted by atomic mass is 9.90. The van der Waals surface area contributed by atoms with E-state index in [0.717, 1.165) is 18.5 Å². The Morgan fingerprint density at radius 3 is 2.50 bits per heavy atom. The van der Waals surface area contributed by atoms with Gasteiger partial charge in [-0.1, -0.05) is 36.4 Å². The summed E-state index contributed by atoms with van der Waals surface area (Å²) < 4.78 is 13.2. The number of amides is 2. The van der Waals surface area contributed by atoms with Crippen LogP contribution in [0, 0.1) is 12.7 Å². The molecule has 5 rings (SSSR count). The number of rotatable bonds is 5. The Hall–Kier alpha value is -3.03. The molecule has 2 amide bonds. The lowest BCUT2D eigenvalue weighted by Gasteiger charge is -2.42. The highest BCUT2D eigenvalue weighted by Gasteiger charge is 2.34. The zero-order valence-electron chi connectivity index (χ0n) is 20.8. The van der Waals surface area contributed by atoms with Gasteiger partial charge in [0.05, 0.1) is 19.0 Å². The first kappa shape index (κ1) is 24.7. The van der Waals surface area contributed by atoms with Crippen molar-refractivity contribution >= 4 is 23.2 Å². The second-order valence-corrected chi connectivity index (χ2v) is 10.9. The largest absolute Gasteiger partial charge is 0.338 e. The molecular formula is C29H32FN3O2S. The van der Waals surface area contributed by atoms with Crippen LogP contribution in [0.2, 0.25) is 0 Å². The number of carbonyl (C=O) groups excluding carboxylic acids is 2. The minimum absolute atomic E-state index is 0.0156. The van der Waals surface area contributed by atoms with E-state index in [0.29, 0.717) is 26.2 Å². The van der Waals surface area contributed by atoms with Crippen LogP contribution in [0.5, 0.6) is 0 Å². The van der Waals surface area contributed by atoms with Crippen LogP contribution in [0.25, 0.3) is 0 Å². The molecule has 2 aliphatic rings. The van der Waals surface area contributed by atoms with Crippen molar-refractivity contribution in [2.45, 2.75) is 38.8 Å². The molecule has 2 atom stereocenters. The summed E-state index contributed by atoms with van der Waals surface area (Å²) in [5.74, 6) is -0.174. The first-order chi connectivity index (χ1) is 17.4. The smallest absolute Gasteiger partial charge is 0.236 e. The maximum atomic E-state index is 13.5. The van der Waals surface area contributed by atoms with E-state index < -0.39 is 0 Å². The number of hydrogen-bond donors (Lipinski definition) is 0. The van der Waals surface area contributed by atoms with Gasteiger partial charge in [0.15, 0.2) is 0 Å². The fourth-order valence-electron chi connectivity index (χ4n) is 5.50. The monoisotopic (exact) mass is 505 g/mol. The van der Waals surface area contributed by atoms with E-state index in [2.05, 4.69) is 47.5 Å². The van der Waals surface area contributed by atoms with E-state index in [-0.39, 0.29) is 36.1 Å². The molecule has 2 unspecified atom stereocenters. The van der Waals surface area contributed by atoms with Gasteiger partial charge in [-0.05, 0) is 66.1 Å². The highest BCUT2D eigenvalue weighted by molar-refractivity contribution is 7.10. The Morgan fingerprint density at radius 1 is 0.972 bits per heavy atom. The fraction of sp³-hybridized carbons (Fsp3) is 0.379. The topological polar surface area (TPSA) is 43.9 Å². The maximum absolute atomic E-state index is 13.5. The van der Waals surface area contributed by atoms with E-state index >= 15 is 0 Å². The van der Waals surface area contributed by atoms with Gasteiger partial charge in [-0.25, -0.2) is 4.39 Å². The molecule has 3 aromatic rings. The summed E-state index contributed by atoms with van der Waals surface area (Å²) in [5.41, 5.74) is 4.61. The molecule has 188 valence electrons. The average Bonchev–Trinajstić information content (AvgIpc) is 3.35. The van der Waals surface area contributed by atoms with Crippen LogP contribution >= 0.6 is 11.3 Å². The number of carbonyl (C=O) groups is 2. The maximum Gasteiger partial charge on any atom is 0.236 e. The molecule has 7 heteroatoms. The quantitative estimate of drug-likeness (QED) is 0.515. The zero-order valence-corrected chi connectivity index (χ0v) is 21.6. The van der Waals surface area contributed by atoms with Crippen molar-refractivity contribution in [3.8, 4) is 0 Å². The van der Waals surface area contributed by atoms with Crippen LogP contribution in [0.3, 0.4) is 0 Å². The first-order valence-electron chi connectivity index (χ1n) is 12.6. The highest BCUT2D eigenvalue weighted by atomic mass is 32.1. The van der Waals surface area contributed by atoms with Gasteiger partial charge >= 0.3 is 0 Å². The van der Waals surface area contributed by atoms with Crippen molar-refractivity contribution in [3.05, 3.63) is 92.9 Å². The van der Waals surface area contributed by atoms with Crippen LogP contribution in [-0.4, -0.2) is 65.3 Å². The fourth-order valence-corrected chi connectivity index (χ4v) is 6.41. The van der Waals surface area contributed by atoms with Crippen molar-refractivity contribution in [1.29, 1.82) is 0 Å². The molecule has 0 radical (unpaired) electrons. The molecule has 1 aromatic heterocycles. The van der Waals surface area contributed by atoms with Gasteiger partial charge in [-0.15, -0.1) is 11.3 Å². The molecule has 1 saturated heterocycles. The van der Waals surface area contributed by atoms with E-state index in [1.807, 2.05) is 16.7 Å². The molecule has 0 aliphatic carbocycles. The van der Waals surface area contributed by atoms with Crippen LogP contribution in [-0.2, 0) is 22.4 Å². The van der Waals surface area contributed by atoms with Crippen molar-refractivity contribution in [1.82, 2.24) is 14.7 Å². The number of benzene rings is 2. The Bertz CT molecular complexity index is 1240. The highest BCUT2D eigenvalue weighted by Crippen LogP contribution is 2.38. The Labute approximate surface area is 216 Å². The van der Waals surface area contributed by atoms with Gasteiger partial charge in [0.25, 0.3) is 0 Å². The van der Waals surface area contributed by atoms with Gasteiger partial charge < -0.3 is 9.80 Å². The summed E-state index contributed by atoms with van der Waals surface area (Å²) in [6.45, 7) is 6.93. The van der Waals surface area contributed by atoms with Gasteiger partial charge in [-0.2, -0.15) is 0 Å². The van der Waals surface area contributed by atoms with Crippen LogP contribution in [0.4, 0.5) is 4.39 Å². The van der Waals surface area contributed by atoms with Gasteiger partial charge in [0.1, 0.15) is 5.82 Å². The van der Waals surface area contributed by atoms with E-state index in [1.54, 1.807) is 23.5 Å². The van der Waals surface area contributed by atoms with Gasteiger partial charge in [0, 0.05) is 37.1 Å². The molecule has 2 aromatic carbocycles. The summed E-state index contributed by atoms with van der Waals surface area (Å²) in [6, 6.07) is 16.8. The lowest BCUT2D eigenvalue weighted by Crippen LogP contribution is -2.57. The number of halogens is 1. The van der Waals surface area contributed by atoms with Crippen molar-refractivity contribution in [3.63, 3.8) is 0 Å². The molecule has 0 saturated carbocycles. The number of thiophene rings is 1. The first-order valence-corrected chi connectivity index (χ1v) is 13.5. The number of piperazine rings is 1. The number of hydrogen-bond acceptors (Lipinski definition) is 4. The molecule has 0 spiro atoms. The predicted molar refractivity (Wildman–Crippen MR) is 140 cm³/mol. The number of aryl methyl sites for hydroxylation is 1. The third kappa shape index (κ3) is 5.08. The standard InChI is InChI=1S/C29H32FN3O2S/c1-20-5-3-4-6-24(20)29-25-12-16-36-26(25)11-13-32(29)19-28(35)31-14-15-33(21(2)18-31)27(34)17-22-7-9-23(30)10-8-22/h3-10,12,16,21,29H,11,13-15,17-19H2,1-2H3. The molecule has 0 bridgehead atoms. The Balaban J connectivity index is 1.25. The Morgan fingerprint density at radius 2 is 1.75 bits per heavy atom. The normalized spacial score (nSPS) is 20.3. The molecule has 0 N–H and O–H groups in total. The molecular weight excluding hydrogens is 473 g/mol. The molecule has 5 nitrogen and oxygen atoms in total. The van der Waals surface area contributed by atoms with Crippen LogP contribution < -0.4 is 0 Å². The summed E-state index contributed by atoms with van der Waals surface area (Å²) >= 11 is 1.80. The third-order valence-corrected chi connectivity index (χ3v) is 8.45. The van der Waals surface area contributed by atoms with Gasteiger partial charge in [-0.3, -0.25) is 14.5 Å². The minimum atomic E-state index is -0.305. The summed E-state index contributed by atoms with van der Waals surface area (Å²) in [6.07, 6.45) is 1.21. The Kier molecular flexibility index (Phi) is 7.21. The molecule has 3 heterocycles. The second kappa shape index (κ2) is 10.5. The zero-order chi connectivity index (χ0) is 25.2. The van der Waals surface area contributed by atoms with Crippen molar-refractivity contribution in [2.75, 3.05) is 32.7 Å². The van der Waals surface area contributed by atoms with Crippen molar-refractivity contribution in [2.24, 2.45) is 0 Å². The molecule has 1 fully saturated rings. The SMILES string of the molecule is Cc1ccccc1C1c2ccsc2CCN1CC(=O)N1CCN(C(=O)Cc2ccc(F)cc2)C(C)C1. The number of nitrogens with zero attached hydrogens (tertiary/aromatic N) is 3. The van der Waals surface area contributed by atoms with Crippen molar-refractivity contribution < 1.29 is 14.0 Å². The third-order valence-electron chi connectivity index (χ3n) is 7.46. The molecule has 2 aliphatic heterocycles. The van der Waals surface area contributed by atoms with Crippen LogP contribution in [0.1, 0.15) is 40.1 Å². The second-order valence-electron chi connectivity index (χ2n) is 9.86. The summed E-state index contributed by atoms with van der Waals surface area (Å²) in [5, 5.41) is 2.16. The summed E-state index contributed by atoms with van der Waals surface area (Å²) in [4.78, 5) is 33.9. The van der Waals surface area contributed by atoms with Crippen LogP contribution in [0.15, 0.2) is 60.0 Å². The van der Waals surface area contributed by atoms with E-state index in [4.69, 9.17) is 0 Å². The van der Waals surface area contributed by atoms with Gasteiger partial charge in [0.2, 0.25) is 11.8 Å². The average molecular weight is 506 g/mol. The summed E-state index contributed by atoms with van der Waals surface area (Å²) in [7, 11) is 0. The van der Waals surface area contributed by atoms with E-state index in [1.165, 1.54) is 33.7 Å². The minimum Gasteiger partial charge on any atom is -0.338 e. The van der Waals surface area contributed by atoms with E-state index in [9.17, 15) is 14.0 Å². The lowest BCUT2D eigenvalue weighted by molar-refractivity contribution is -0.143. The molecule has 36 heavy (non-hydrogen) atoms. The number of fused-ring (bicyclic) bond motifs is 1. The predicted octanol–water partition coefficient (Wildman–Crippen LogP) is 4.45.